The number of rotatable bonds is 5. The lowest BCUT2D eigenvalue weighted by Crippen LogP contribution is -2.44. The molecule has 0 saturated carbocycles. The van der Waals surface area contributed by atoms with Gasteiger partial charge >= 0.3 is 0 Å². The average Bonchev–Trinajstić information content (AvgIpc) is 2.43. The Hall–Kier alpha value is -1.36. The van der Waals surface area contributed by atoms with Crippen LogP contribution in [0.4, 0.5) is 14.5 Å². The quantitative estimate of drug-likeness (QED) is 0.773. The Morgan fingerprint density at radius 1 is 1.10 bits per heavy atom. The minimum absolute atomic E-state index is 0.00817. The van der Waals surface area contributed by atoms with Gasteiger partial charge in [0.2, 0.25) is 0 Å². The van der Waals surface area contributed by atoms with Gasteiger partial charge in [-0.15, -0.1) is 0 Å². The summed E-state index contributed by atoms with van der Waals surface area (Å²) < 4.78 is 33.4. The highest BCUT2D eigenvalue weighted by Gasteiger charge is 2.20. The highest BCUT2D eigenvalue weighted by Crippen LogP contribution is 2.28. The first-order valence-electron chi connectivity index (χ1n) is 7.17. The Morgan fingerprint density at radius 2 is 1.80 bits per heavy atom. The molecule has 0 aliphatic carbocycles. The summed E-state index contributed by atoms with van der Waals surface area (Å²) in [6.45, 7) is 5.58. The first kappa shape index (κ1) is 15.0. The standard InChI is InChI=1S/C15H22F2N2O/c1-3-4-9-20-15-11-12(16)14(10-13(15)17)19-7-5-18(2)6-8-19/h10-11H,3-9H2,1-2H3. The molecule has 1 heterocycles. The summed E-state index contributed by atoms with van der Waals surface area (Å²) in [7, 11) is 2.03. The fourth-order valence-corrected chi connectivity index (χ4v) is 2.24. The predicted octanol–water partition coefficient (Wildman–Crippen LogP) is 2.90. The third-order valence-electron chi connectivity index (χ3n) is 3.60. The first-order valence-corrected chi connectivity index (χ1v) is 7.17. The molecule has 5 heteroatoms. The molecule has 1 saturated heterocycles. The fourth-order valence-electron chi connectivity index (χ4n) is 2.24. The largest absolute Gasteiger partial charge is 0.490 e. The molecule has 20 heavy (non-hydrogen) atoms. The van der Waals surface area contributed by atoms with Crippen LogP contribution < -0.4 is 9.64 Å². The van der Waals surface area contributed by atoms with Crippen LogP contribution in [-0.2, 0) is 0 Å². The van der Waals surface area contributed by atoms with E-state index in [1.54, 1.807) is 0 Å². The van der Waals surface area contributed by atoms with Crippen molar-refractivity contribution in [3.63, 3.8) is 0 Å². The molecule has 0 bridgehead atoms. The number of unbranched alkanes of at least 4 members (excludes halogenated alkanes) is 1. The molecule has 1 fully saturated rings. The van der Waals surface area contributed by atoms with E-state index < -0.39 is 11.6 Å². The summed E-state index contributed by atoms with van der Waals surface area (Å²) in [5.41, 5.74) is 0.332. The number of hydrogen-bond acceptors (Lipinski definition) is 3. The zero-order chi connectivity index (χ0) is 14.5. The summed E-state index contributed by atoms with van der Waals surface area (Å²) >= 11 is 0. The smallest absolute Gasteiger partial charge is 0.167 e. The summed E-state index contributed by atoms with van der Waals surface area (Å²) in [5, 5.41) is 0. The normalized spacial score (nSPS) is 16.5. The van der Waals surface area contributed by atoms with Gasteiger partial charge in [0.15, 0.2) is 11.6 Å². The van der Waals surface area contributed by atoms with Crippen molar-refractivity contribution >= 4 is 5.69 Å². The number of piperazine rings is 1. The van der Waals surface area contributed by atoms with Crippen LogP contribution in [0.3, 0.4) is 0 Å². The molecule has 0 unspecified atom stereocenters. The van der Waals surface area contributed by atoms with E-state index in [4.69, 9.17) is 4.74 Å². The van der Waals surface area contributed by atoms with Crippen molar-refractivity contribution in [3.05, 3.63) is 23.8 Å². The summed E-state index contributed by atoms with van der Waals surface area (Å²) in [5.74, 6) is -0.896. The lowest BCUT2D eigenvalue weighted by atomic mass is 10.2. The second-order valence-corrected chi connectivity index (χ2v) is 5.23. The Kier molecular flexibility index (Phi) is 5.17. The molecular weight excluding hydrogens is 262 g/mol. The van der Waals surface area contributed by atoms with Gasteiger partial charge in [-0.1, -0.05) is 13.3 Å². The lowest BCUT2D eigenvalue weighted by molar-refractivity contribution is 0.291. The van der Waals surface area contributed by atoms with E-state index in [0.717, 1.165) is 25.9 Å². The third-order valence-corrected chi connectivity index (χ3v) is 3.60. The van der Waals surface area contributed by atoms with Gasteiger partial charge in [-0.2, -0.15) is 0 Å². The maximum atomic E-state index is 14.1. The van der Waals surface area contributed by atoms with Crippen molar-refractivity contribution in [2.45, 2.75) is 19.8 Å². The molecular formula is C15H22F2N2O. The van der Waals surface area contributed by atoms with Gasteiger partial charge in [0.25, 0.3) is 0 Å². The molecule has 0 radical (unpaired) electrons. The number of anilines is 1. The average molecular weight is 284 g/mol. The Balaban J connectivity index is 2.09. The predicted molar refractivity (Wildman–Crippen MR) is 76.5 cm³/mol. The Labute approximate surface area is 119 Å². The fraction of sp³-hybridized carbons (Fsp3) is 0.600. The summed E-state index contributed by atoms with van der Waals surface area (Å²) in [6.07, 6.45) is 1.80. The molecule has 1 aromatic carbocycles. The van der Waals surface area contributed by atoms with Crippen LogP contribution in [0.1, 0.15) is 19.8 Å². The number of halogens is 2. The third kappa shape index (κ3) is 3.60. The van der Waals surface area contributed by atoms with Crippen molar-refractivity contribution < 1.29 is 13.5 Å². The maximum absolute atomic E-state index is 14.1. The van der Waals surface area contributed by atoms with Crippen LogP contribution in [0.15, 0.2) is 12.1 Å². The summed E-state index contributed by atoms with van der Waals surface area (Å²) in [4.78, 5) is 4.06. The van der Waals surface area contributed by atoms with Crippen LogP contribution in [0.5, 0.6) is 5.75 Å². The minimum Gasteiger partial charge on any atom is -0.490 e. The second-order valence-electron chi connectivity index (χ2n) is 5.23. The van der Waals surface area contributed by atoms with E-state index in [-0.39, 0.29) is 5.75 Å². The highest BCUT2D eigenvalue weighted by molar-refractivity contribution is 5.51. The first-order chi connectivity index (χ1) is 9.61. The van der Waals surface area contributed by atoms with Crippen molar-refractivity contribution in [2.75, 3.05) is 44.7 Å². The minimum atomic E-state index is -0.489. The number of benzene rings is 1. The van der Waals surface area contributed by atoms with Gasteiger partial charge in [0.1, 0.15) is 5.82 Å². The van der Waals surface area contributed by atoms with Crippen molar-refractivity contribution in [1.82, 2.24) is 4.90 Å². The lowest BCUT2D eigenvalue weighted by Gasteiger charge is -2.34. The van der Waals surface area contributed by atoms with E-state index in [2.05, 4.69) is 4.90 Å². The van der Waals surface area contributed by atoms with Crippen LogP contribution in [0, 0.1) is 11.6 Å². The van der Waals surface area contributed by atoms with Gasteiger partial charge in [-0.25, -0.2) is 8.78 Å². The molecule has 0 atom stereocenters. The molecule has 2 rings (SSSR count). The van der Waals surface area contributed by atoms with Gasteiger partial charge < -0.3 is 14.5 Å². The molecule has 1 aliphatic rings. The molecule has 112 valence electrons. The number of hydrogen-bond donors (Lipinski definition) is 0. The van der Waals surface area contributed by atoms with Crippen molar-refractivity contribution in [1.29, 1.82) is 0 Å². The van der Waals surface area contributed by atoms with Gasteiger partial charge in [0, 0.05) is 38.3 Å². The Morgan fingerprint density at radius 3 is 2.45 bits per heavy atom. The van der Waals surface area contributed by atoms with Crippen LogP contribution in [0.2, 0.25) is 0 Å². The van der Waals surface area contributed by atoms with E-state index in [1.165, 1.54) is 12.1 Å². The van der Waals surface area contributed by atoms with Crippen molar-refractivity contribution in [2.24, 2.45) is 0 Å². The van der Waals surface area contributed by atoms with E-state index >= 15 is 0 Å². The number of nitrogens with zero attached hydrogens (tertiary/aromatic N) is 2. The van der Waals surface area contributed by atoms with E-state index in [9.17, 15) is 8.78 Å². The van der Waals surface area contributed by atoms with Gasteiger partial charge in [0.05, 0.1) is 12.3 Å². The molecule has 1 aliphatic heterocycles. The van der Waals surface area contributed by atoms with Gasteiger partial charge in [-0.3, -0.25) is 0 Å². The topological polar surface area (TPSA) is 15.7 Å². The van der Waals surface area contributed by atoms with E-state index in [1.807, 2.05) is 18.9 Å². The number of likely N-dealkylation sites (N-methyl/N-ethyl adjacent to an activating group) is 1. The Bertz CT molecular complexity index is 446. The highest BCUT2D eigenvalue weighted by atomic mass is 19.1. The van der Waals surface area contributed by atoms with Crippen molar-refractivity contribution in [3.8, 4) is 5.75 Å². The molecule has 0 N–H and O–H groups in total. The van der Waals surface area contributed by atoms with Gasteiger partial charge in [-0.05, 0) is 13.5 Å². The molecule has 0 aromatic heterocycles. The van der Waals surface area contributed by atoms with E-state index in [0.29, 0.717) is 25.4 Å². The second kappa shape index (κ2) is 6.88. The van der Waals surface area contributed by atoms with Crippen LogP contribution >= 0.6 is 0 Å². The molecule has 0 spiro atoms. The molecule has 1 aromatic rings. The summed E-state index contributed by atoms with van der Waals surface area (Å²) in [6, 6.07) is 2.42. The number of ether oxygens (including phenoxy) is 1. The zero-order valence-electron chi connectivity index (χ0n) is 12.2. The monoisotopic (exact) mass is 284 g/mol. The zero-order valence-corrected chi connectivity index (χ0v) is 12.2. The van der Waals surface area contributed by atoms with Crippen LogP contribution in [-0.4, -0.2) is 44.7 Å². The maximum Gasteiger partial charge on any atom is 0.167 e. The molecule has 0 amide bonds. The van der Waals surface area contributed by atoms with Crippen LogP contribution in [0.25, 0.3) is 0 Å². The molecule has 3 nitrogen and oxygen atoms in total. The SMILES string of the molecule is CCCCOc1cc(F)c(N2CCN(C)CC2)cc1F.